The fraction of sp³-hybridized carbons (Fsp3) is 0.158. The molecule has 0 heterocycles. The number of hydrogen-bond donors (Lipinski definition) is 0. The average molecular weight is 248 g/mol. The summed E-state index contributed by atoms with van der Waals surface area (Å²) >= 11 is 0. The Morgan fingerprint density at radius 2 is 1.79 bits per heavy atom. The summed E-state index contributed by atoms with van der Waals surface area (Å²) < 4.78 is 0. The van der Waals surface area contributed by atoms with E-state index in [-0.39, 0.29) is 0 Å². The summed E-state index contributed by atoms with van der Waals surface area (Å²) in [5.74, 6) is 0. The minimum Gasteiger partial charge on any atom is -0.0961 e. The third-order valence-corrected chi connectivity index (χ3v) is 3.26. The molecule has 0 aliphatic carbocycles. The maximum atomic E-state index is 3.88. The van der Waals surface area contributed by atoms with Gasteiger partial charge in [-0.2, -0.15) is 0 Å². The van der Waals surface area contributed by atoms with Gasteiger partial charge in [0.1, 0.15) is 0 Å². The molecule has 0 unspecified atom stereocenters. The van der Waals surface area contributed by atoms with Crippen molar-refractivity contribution in [1.29, 1.82) is 0 Å². The Balaban J connectivity index is 2.55. The van der Waals surface area contributed by atoms with Crippen molar-refractivity contribution >= 4 is 16.3 Å². The lowest BCUT2D eigenvalue weighted by Crippen LogP contribution is -1.88. The summed E-state index contributed by atoms with van der Waals surface area (Å²) in [6.45, 7) is 10.2. The third kappa shape index (κ3) is 3.03. The fourth-order valence-corrected chi connectivity index (χ4v) is 2.34. The van der Waals surface area contributed by atoms with Gasteiger partial charge in [-0.05, 0) is 48.2 Å². The number of aryl methyl sites for hydroxylation is 1. The number of benzene rings is 2. The molecule has 0 aliphatic rings. The SMILES string of the molecule is C=C(C)/C=C\C=C(/C)c1c(C)ccc2ccccc12. The molecular formula is C19H20. The van der Waals surface area contributed by atoms with Crippen LogP contribution in [0.15, 0.2) is 66.8 Å². The lowest BCUT2D eigenvalue weighted by Gasteiger charge is -2.10. The van der Waals surface area contributed by atoms with Crippen LogP contribution in [0.4, 0.5) is 0 Å². The van der Waals surface area contributed by atoms with Crippen LogP contribution in [0.25, 0.3) is 16.3 Å². The Morgan fingerprint density at radius 1 is 1.05 bits per heavy atom. The van der Waals surface area contributed by atoms with Crippen LogP contribution < -0.4 is 0 Å². The molecule has 0 aromatic heterocycles. The van der Waals surface area contributed by atoms with Crippen molar-refractivity contribution in [2.24, 2.45) is 0 Å². The first-order valence-electron chi connectivity index (χ1n) is 6.59. The topological polar surface area (TPSA) is 0 Å². The van der Waals surface area contributed by atoms with Crippen LogP contribution in [0, 0.1) is 6.92 Å². The second-order valence-corrected chi connectivity index (χ2v) is 5.03. The maximum Gasteiger partial charge on any atom is -0.0106 e. The van der Waals surface area contributed by atoms with Gasteiger partial charge in [0.2, 0.25) is 0 Å². The Bertz CT molecular complexity index is 669. The van der Waals surface area contributed by atoms with E-state index < -0.39 is 0 Å². The average Bonchev–Trinajstić information content (AvgIpc) is 2.38. The van der Waals surface area contributed by atoms with E-state index in [1.807, 2.05) is 13.0 Å². The maximum absolute atomic E-state index is 3.88. The van der Waals surface area contributed by atoms with Crippen molar-refractivity contribution in [2.75, 3.05) is 0 Å². The smallest absolute Gasteiger partial charge is 0.0106 e. The monoisotopic (exact) mass is 248 g/mol. The number of fused-ring (bicyclic) bond motifs is 1. The minimum absolute atomic E-state index is 1.07. The van der Waals surface area contributed by atoms with Crippen molar-refractivity contribution in [3.05, 3.63) is 77.9 Å². The normalized spacial score (nSPS) is 12.3. The molecule has 2 aromatic carbocycles. The van der Waals surface area contributed by atoms with Gasteiger partial charge in [-0.25, -0.2) is 0 Å². The van der Waals surface area contributed by atoms with E-state index in [1.54, 1.807) is 0 Å². The van der Waals surface area contributed by atoms with Gasteiger partial charge in [0, 0.05) is 0 Å². The number of rotatable bonds is 3. The van der Waals surface area contributed by atoms with E-state index in [4.69, 9.17) is 0 Å². The molecule has 0 fully saturated rings. The molecule has 0 N–H and O–H groups in total. The predicted molar refractivity (Wildman–Crippen MR) is 86.3 cm³/mol. The van der Waals surface area contributed by atoms with Crippen LogP contribution in [0.5, 0.6) is 0 Å². The minimum atomic E-state index is 1.07. The van der Waals surface area contributed by atoms with Crippen molar-refractivity contribution < 1.29 is 0 Å². The van der Waals surface area contributed by atoms with E-state index in [0.29, 0.717) is 0 Å². The Labute approximate surface area is 115 Å². The van der Waals surface area contributed by atoms with Gasteiger partial charge in [-0.15, -0.1) is 0 Å². The van der Waals surface area contributed by atoms with Crippen LogP contribution >= 0.6 is 0 Å². The lowest BCUT2D eigenvalue weighted by molar-refractivity contribution is 1.44. The van der Waals surface area contributed by atoms with Gasteiger partial charge >= 0.3 is 0 Å². The fourth-order valence-electron chi connectivity index (χ4n) is 2.34. The quantitative estimate of drug-likeness (QED) is 0.613. The van der Waals surface area contributed by atoms with Crippen LogP contribution in [0.2, 0.25) is 0 Å². The van der Waals surface area contributed by atoms with E-state index >= 15 is 0 Å². The lowest BCUT2D eigenvalue weighted by atomic mass is 9.94. The van der Waals surface area contributed by atoms with Gasteiger partial charge < -0.3 is 0 Å². The first kappa shape index (κ1) is 13.4. The number of hydrogen-bond acceptors (Lipinski definition) is 0. The van der Waals surface area contributed by atoms with Crippen molar-refractivity contribution in [2.45, 2.75) is 20.8 Å². The molecule has 0 amide bonds. The van der Waals surface area contributed by atoms with E-state index in [0.717, 1.165) is 5.57 Å². The summed E-state index contributed by atoms with van der Waals surface area (Å²) in [4.78, 5) is 0. The molecule has 19 heavy (non-hydrogen) atoms. The van der Waals surface area contributed by atoms with Gasteiger partial charge in [0.25, 0.3) is 0 Å². The Hall–Kier alpha value is -2.08. The highest BCUT2D eigenvalue weighted by Crippen LogP contribution is 2.28. The van der Waals surface area contributed by atoms with Crippen molar-refractivity contribution in [3.63, 3.8) is 0 Å². The first-order valence-corrected chi connectivity index (χ1v) is 6.59. The molecule has 0 nitrogen and oxygen atoms in total. The molecule has 96 valence electrons. The van der Waals surface area contributed by atoms with Crippen LogP contribution in [0.1, 0.15) is 25.0 Å². The standard InChI is InChI=1S/C19H20/c1-14(2)8-7-9-15(3)19-16(4)12-13-17-10-5-6-11-18(17)19/h5-13H,1H2,2-4H3/b8-7-,15-9+. The summed E-state index contributed by atoms with van der Waals surface area (Å²) in [6, 6.07) is 12.9. The molecule has 0 saturated heterocycles. The van der Waals surface area contributed by atoms with Crippen LogP contribution in [-0.2, 0) is 0 Å². The van der Waals surface area contributed by atoms with Gasteiger partial charge in [-0.1, -0.05) is 66.8 Å². The van der Waals surface area contributed by atoms with Gasteiger partial charge in [0.05, 0.1) is 0 Å². The predicted octanol–water partition coefficient (Wildman–Crippen LogP) is 5.68. The molecule has 2 rings (SSSR count). The molecule has 0 radical (unpaired) electrons. The summed E-state index contributed by atoms with van der Waals surface area (Å²) in [5.41, 5.74) is 5.01. The van der Waals surface area contributed by atoms with Crippen LogP contribution in [-0.4, -0.2) is 0 Å². The Morgan fingerprint density at radius 3 is 2.53 bits per heavy atom. The molecule has 0 aliphatic heterocycles. The molecular weight excluding hydrogens is 228 g/mol. The second kappa shape index (κ2) is 5.71. The number of allylic oxidation sites excluding steroid dienone is 5. The zero-order chi connectivity index (χ0) is 13.8. The van der Waals surface area contributed by atoms with E-state index in [1.165, 1.54) is 27.5 Å². The van der Waals surface area contributed by atoms with Crippen molar-refractivity contribution in [1.82, 2.24) is 0 Å². The Kier molecular flexibility index (Phi) is 4.01. The zero-order valence-corrected chi connectivity index (χ0v) is 11.9. The third-order valence-electron chi connectivity index (χ3n) is 3.26. The van der Waals surface area contributed by atoms with Crippen LogP contribution in [0.3, 0.4) is 0 Å². The summed E-state index contributed by atoms with van der Waals surface area (Å²) in [5, 5.41) is 2.61. The largest absolute Gasteiger partial charge is 0.0961 e. The highest BCUT2D eigenvalue weighted by Gasteiger charge is 2.05. The molecule has 0 atom stereocenters. The highest BCUT2D eigenvalue weighted by molar-refractivity contribution is 5.95. The highest BCUT2D eigenvalue weighted by atomic mass is 14.1. The first-order chi connectivity index (χ1) is 9.09. The molecule has 2 aromatic rings. The molecule has 0 heteroatoms. The van der Waals surface area contributed by atoms with Gasteiger partial charge in [-0.3, -0.25) is 0 Å². The zero-order valence-electron chi connectivity index (χ0n) is 11.9. The second-order valence-electron chi connectivity index (χ2n) is 5.03. The van der Waals surface area contributed by atoms with E-state index in [9.17, 15) is 0 Å². The van der Waals surface area contributed by atoms with Gasteiger partial charge in [0.15, 0.2) is 0 Å². The van der Waals surface area contributed by atoms with E-state index in [2.05, 4.69) is 69.0 Å². The molecule has 0 bridgehead atoms. The summed E-state index contributed by atoms with van der Waals surface area (Å²) in [7, 11) is 0. The molecule has 0 saturated carbocycles. The summed E-state index contributed by atoms with van der Waals surface area (Å²) in [6.07, 6.45) is 6.26. The van der Waals surface area contributed by atoms with Crippen molar-refractivity contribution in [3.8, 4) is 0 Å². The molecule has 0 spiro atoms.